The minimum Gasteiger partial charge on any atom is -0.442 e. The first-order chi connectivity index (χ1) is 12.4. The molecule has 0 spiro atoms. The number of anilines is 2. The Morgan fingerprint density at radius 3 is 2.65 bits per heavy atom. The molecule has 2 fully saturated rings. The van der Waals surface area contributed by atoms with Crippen LogP contribution in [0.15, 0.2) is 12.1 Å². The van der Waals surface area contributed by atoms with E-state index in [1.54, 1.807) is 0 Å². The van der Waals surface area contributed by atoms with Crippen LogP contribution in [0.4, 0.5) is 25.0 Å². The maximum Gasteiger partial charge on any atom is 0.414 e. The van der Waals surface area contributed by atoms with Gasteiger partial charge < -0.3 is 15.0 Å². The quantitative estimate of drug-likeness (QED) is 0.880. The molecule has 7 nitrogen and oxygen atoms in total. The first-order valence-corrected chi connectivity index (χ1v) is 8.25. The van der Waals surface area contributed by atoms with Crippen molar-refractivity contribution in [3.63, 3.8) is 0 Å². The van der Waals surface area contributed by atoms with Gasteiger partial charge >= 0.3 is 6.09 Å². The largest absolute Gasteiger partial charge is 0.442 e. The topological polar surface area (TPSA) is 85.7 Å². The SMILES string of the molecule is CC(=O)NCC1CN(c2cc(F)c(N3CCC(C#N)C3)c(F)c2)C(=O)O1. The Kier molecular flexibility index (Phi) is 4.93. The zero-order valence-electron chi connectivity index (χ0n) is 14.2. The maximum atomic E-state index is 14.5. The monoisotopic (exact) mass is 364 g/mol. The second-order valence-electron chi connectivity index (χ2n) is 6.37. The number of rotatable bonds is 4. The smallest absolute Gasteiger partial charge is 0.414 e. The molecule has 0 bridgehead atoms. The molecule has 0 aromatic heterocycles. The van der Waals surface area contributed by atoms with Crippen LogP contribution in [0.3, 0.4) is 0 Å². The second kappa shape index (κ2) is 7.15. The van der Waals surface area contributed by atoms with Gasteiger partial charge in [0.2, 0.25) is 5.91 Å². The van der Waals surface area contributed by atoms with Crippen LogP contribution in [0, 0.1) is 28.9 Å². The number of carbonyl (C=O) groups excluding carboxylic acids is 2. The number of hydrogen-bond donors (Lipinski definition) is 1. The Labute approximate surface area is 149 Å². The third-order valence-electron chi connectivity index (χ3n) is 4.45. The molecule has 1 N–H and O–H groups in total. The van der Waals surface area contributed by atoms with Gasteiger partial charge in [-0.2, -0.15) is 5.26 Å². The average molecular weight is 364 g/mol. The Hall–Kier alpha value is -2.89. The Bertz CT molecular complexity index is 757. The van der Waals surface area contributed by atoms with Crippen LogP contribution in [0.1, 0.15) is 13.3 Å². The van der Waals surface area contributed by atoms with Crippen LogP contribution < -0.4 is 15.1 Å². The van der Waals surface area contributed by atoms with Crippen molar-refractivity contribution >= 4 is 23.4 Å². The van der Waals surface area contributed by atoms with Crippen molar-refractivity contribution in [3.8, 4) is 6.07 Å². The lowest BCUT2D eigenvalue weighted by Gasteiger charge is -2.21. The van der Waals surface area contributed by atoms with E-state index in [9.17, 15) is 18.4 Å². The second-order valence-corrected chi connectivity index (χ2v) is 6.37. The molecule has 0 radical (unpaired) electrons. The maximum absolute atomic E-state index is 14.5. The van der Waals surface area contributed by atoms with Gasteiger partial charge in [-0.3, -0.25) is 9.69 Å². The summed E-state index contributed by atoms with van der Waals surface area (Å²) in [6, 6.07) is 4.27. The van der Waals surface area contributed by atoms with E-state index in [-0.39, 0.29) is 42.8 Å². The number of ether oxygens (including phenoxy) is 1. The van der Waals surface area contributed by atoms with E-state index in [2.05, 4.69) is 11.4 Å². The van der Waals surface area contributed by atoms with Crippen molar-refractivity contribution < 1.29 is 23.1 Å². The molecule has 2 amide bonds. The fourth-order valence-electron chi connectivity index (χ4n) is 3.18. The molecule has 1 aromatic carbocycles. The fourth-order valence-corrected chi connectivity index (χ4v) is 3.18. The summed E-state index contributed by atoms with van der Waals surface area (Å²) >= 11 is 0. The van der Waals surface area contributed by atoms with Crippen LogP contribution in [0.5, 0.6) is 0 Å². The number of carbonyl (C=O) groups is 2. The molecule has 0 aliphatic carbocycles. The van der Waals surface area contributed by atoms with Gasteiger partial charge in [0.25, 0.3) is 0 Å². The molecule has 9 heteroatoms. The van der Waals surface area contributed by atoms with Gasteiger partial charge in [0, 0.05) is 32.1 Å². The summed E-state index contributed by atoms with van der Waals surface area (Å²) in [5.74, 6) is -2.10. The van der Waals surface area contributed by atoms with Crippen molar-refractivity contribution in [1.29, 1.82) is 5.26 Å². The molecule has 3 rings (SSSR count). The standard InChI is InChI=1S/C17H18F2N4O3/c1-10(24)21-7-13-9-23(17(25)26-13)12-4-14(18)16(15(19)5-12)22-3-2-11(6-20)8-22/h4-5,11,13H,2-3,7-9H2,1H3,(H,21,24). The molecule has 2 aliphatic rings. The Morgan fingerprint density at radius 2 is 2.08 bits per heavy atom. The molecule has 26 heavy (non-hydrogen) atoms. The molecular formula is C17H18F2N4O3. The van der Waals surface area contributed by atoms with E-state index >= 15 is 0 Å². The van der Waals surface area contributed by atoms with Crippen LogP contribution >= 0.6 is 0 Å². The third kappa shape index (κ3) is 3.54. The summed E-state index contributed by atoms with van der Waals surface area (Å²) < 4.78 is 34.1. The van der Waals surface area contributed by atoms with Crippen molar-refractivity contribution in [1.82, 2.24) is 5.32 Å². The van der Waals surface area contributed by atoms with Crippen molar-refractivity contribution in [2.45, 2.75) is 19.4 Å². The number of amides is 2. The minimum atomic E-state index is -0.795. The first-order valence-electron chi connectivity index (χ1n) is 8.25. The summed E-state index contributed by atoms with van der Waals surface area (Å²) in [6.07, 6.45) is -0.759. The van der Waals surface area contributed by atoms with Gasteiger partial charge in [0.05, 0.1) is 30.8 Å². The van der Waals surface area contributed by atoms with Gasteiger partial charge in [0.1, 0.15) is 11.8 Å². The molecule has 2 unspecified atom stereocenters. The van der Waals surface area contributed by atoms with E-state index < -0.39 is 23.8 Å². The number of benzene rings is 1. The van der Waals surface area contributed by atoms with E-state index in [1.165, 1.54) is 11.8 Å². The lowest BCUT2D eigenvalue weighted by Crippen LogP contribution is -2.33. The number of nitriles is 1. The van der Waals surface area contributed by atoms with Crippen LogP contribution in [0.25, 0.3) is 0 Å². The Morgan fingerprint density at radius 1 is 1.38 bits per heavy atom. The summed E-state index contributed by atoms with van der Waals surface area (Å²) in [4.78, 5) is 25.6. The molecule has 2 heterocycles. The number of nitrogens with one attached hydrogen (secondary N) is 1. The number of halogens is 2. The van der Waals surface area contributed by atoms with Crippen LogP contribution in [-0.2, 0) is 9.53 Å². The van der Waals surface area contributed by atoms with Gasteiger partial charge in [0.15, 0.2) is 11.6 Å². The lowest BCUT2D eigenvalue weighted by molar-refractivity contribution is -0.119. The molecule has 2 atom stereocenters. The Balaban J connectivity index is 1.77. The van der Waals surface area contributed by atoms with E-state index in [1.807, 2.05) is 0 Å². The zero-order valence-corrected chi connectivity index (χ0v) is 14.2. The van der Waals surface area contributed by atoms with Gasteiger partial charge in [-0.25, -0.2) is 13.6 Å². The van der Waals surface area contributed by atoms with E-state index in [0.29, 0.717) is 13.0 Å². The summed E-state index contributed by atoms with van der Waals surface area (Å²) in [5, 5.41) is 11.5. The molecule has 2 saturated heterocycles. The zero-order chi connectivity index (χ0) is 18.8. The summed E-state index contributed by atoms with van der Waals surface area (Å²) in [5.41, 5.74) is -0.135. The van der Waals surface area contributed by atoms with Gasteiger partial charge in [-0.1, -0.05) is 0 Å². The lowest BCUT2D eigenvalue weighted by atomic mass is 10.1. The highest BCUT2D eigenvalue weighted by molar-refractivity contribution is 5.90. The predicted octanol–water partition coefficient (Wildman–Crippen LogP) is 1.78. The molecule has 138 valence electrons. The highest BCUT2D eigenvalue weighted by atomic mass is 19.1. The molecule has 1 aromatic rings. The molecule has 2 aliphatic heterocycles. The van der Waals surface area contributed by atoms with Gasteiger partial charge in [-0.15, -0.1) is 0 Å². The normalized spacial score (nSPS) is 22.3. The van der Waals surface area contributed by atoms with Crippen molar-refractivity contribution in [2.24, 2.45) is 5.92 Å². The van der Waals surface area contributed by atoms with E-state index in [0.717, 1.165) is 17.0 Å². The third-order valence-corrected chi connectivity index (χ3v) is 4.45. The predicted molar refractivity (Wildman–Crippen MR) is 88.6 cm³/mol. The number of cyclic esters (lactones) is 1. The number of hydrogen-bond acceptors (Lipinski definition) is 5. The number of nitrogens with zero attached hydrogens (tertiary/aromatic N) is 3. The fraction of sp³-hybridized carbons (Fsp3) is 0.471. The average Bonchev–Trinajstić information content (AvgIpc) is 3.19. The minimum absolute atomic E-state index is 0.0510. The van der Waals surface area contributed by atoms with Gasteiger partial charge in [-0.05, 0) is 6.42 Å². The molecule has 0 saturated carbocycles. The summed E-state index contributed by atoms with van der Waals surface area (Å²) in [6.45, 7) is 2.22. The molecular weight excluding hydrogens is 346 g/mol. The van der Waals surface area contributed by atoms with E-state index in [4.69, 9.17) is 10.00 Å². The summed E-state index contributed by atoms with van der Waals surface area (Å²) in [7, 11) is 0. The van der Waals surface area contributed by atoms with Crippen molar-refractivity contribution in [3.05, 3.63) is 23.8 Å². The first kappa shape index (κ1) is 17.9. The highest BCUT2D eigenvalue weighted by Gasteiger charge is 2.34. The van der Waals surface area contributed by atoms with Crippen molar-refractivity contribution in [2.75, 3.05) is 36.0 Å². The highest BCUT2D eigenvalue weighted by Crippen LogP contribution is 2.33. The van der Waals surface area contributed by atoms with Crippen LogP contribution in [-0.4, -0.2) is 44.3 Å². The van der Waals surface area contributed by atoms with Crippen LogP contribution in [0.2, 0.25) is 0 Å².